The number of sulfonamides is 2. The van der Waals surface area contributed by atoms with E-state index in [1.54, 1.807) is 9.66 Å². The molecule has 2 aromatic heterocycles. The lowest BCUT2D eigenvalue weighted by Gasteiger charge is -2.11. The van der Waals surface area contributed by atoms with E-state index >= 15 is 0 Å². The molecule has 0 aliphatic heterocycles. The zero-order chi connectivity index (χ0) is 34.9. The number of nitro benzene ring substituents is 2. The molecule has 22 nitrogen and oxygen atoms in total. The van der Waals surface area contributed by atoms with Crippen LogP contribution in [0.3, 0.4) is 0 Å². The summed E-state index contributed by atoms with van der Waals surface area (Å²) >= 11 is 0. The zero-order valence-electron chi connectivity index (χ0n) is 23.4. The average Bonchev–Trinajstić information content (AvgIpc) is 2.91. The van der Waals surface area contributed by atoms with E-state index in [2.05, 4.69) is 15.3 Å². The number of nitro groups is 2. The van der Waals surface area contributed by atoms with Gasteiger partial charge in [-0.2, -0.15) is 13.7 Å². The van der Waals surface area contributed by atoms with E-state index < -0.39 is 81.1 Å². The second-order valence-corrected chi connectivity index (χ2v) is 12.8. The van der Waals surface area contributed by atoms with Gasteiger partial charge in [-0.1, -0.05) is 0 Å². The van der Waals surface area contributed by atoms with Crippen LogP contribution in [0.4, 0.5) is 21.5 Å². The second-order valence-electron chi connectivity index (χ2n) is 9.38. The monoisotopic (exact) mass is 691 g/mol. The van der Waals surface area contributed by atoms with Crippen molar-refractivity contribution in [3.8, 4) is 0 Å². The fourth-order valence-corrected chi connectivity index (χ4v) is 4.66. The van der Waals surface area contributed by atoms with Gasteiger partial charge in [-0.3, -0.25) is 29.8 Å². The first-order chi connectivity index (χ1) is 21.1. The van der Waals surface area contributed by atoms with Gasteiger partial charge in [0.2, 0.25) is 25.9 Å². The van der Waals surface area contributed by atoms with Crippen molar-refractivity contribution in [3.63, 3.8) is 0 Å². The standard InChI is InChI=1S/C12H15N5O7S.C9H7FN4O6S/c1-6(18)5-13-9-3-7-8(4-10(9)17(21)22)14-12(20)16(11(7)19)15-25(2,23)24;1-21(19,20)12-13-8(15)4-2-5(10)7(14(17)18)3-6(4)11-9(13)16/h3-4,6,13,15,18H,5H2,1-2H3,(H,14,20);2-3,12H,1H3,(H,11,16). The zero-order valence-corrected chi connectivity index (χ0v) is 25.1. The smallest absolute Gasteiger partial charge is 0.348 e. The summed E-state index contributed by atoms with van der Waals surface area (Å²) in [7, 11) is -7.84. The molecule has 0 aliphatic rings. The molecule has 4 aromatic rings. The fourth-order valence-electron chi connectivity index (χ4n) is 3.67. The molecule has 0 aliphatic carbocycles. The van der Waals surface area contributed by atoms with E-state index in [9.17, 15) is 65.7 Å². The molecule has 0 amide bonds. The minimum atomic E-state index is -3.93. The van der Waals surface area contributed by atoms with Crippen molar-refractivity contribution >= 4 is 58.9 Å². The van der Waals surface area contributed by atoms with E-state index in [4.69, 9.17) is 0 Å². The molecule has 0 fully saturated rings. The number of hydrogen-bond donors (Lipinski definition) is 6. The fraction of sp³-hybridized carbons (Fsp3) is 0.238. The number of rotatable bonds is 9. The number of nitrogens with zero attached hydrogens (tertiary/aromatic N) is 4. The molecule has 46 heavy (non-hydrogen) atoms. The van der Waals surface area contributed by atoms with Crippen molar-refractivity contribution in [2.75, 3.05) is 34.0 Å². The topological polar surface area (TPSA) is 321 Å². The quantitative estimate of drug-likeness (QED) is 0.0828. The van der Waals surface area contributed by atoms with Crippen molar-refractivity contribution < 1.29 is 36.2 Å². The Kier molecular flexibility index (Phi) is 9.63. The molecule has 6 N–H and O–H groups in total. The Labute approximate surface area is 253 Å². The van der Waals surface area contributed by atoms with Crippen molar-refractivity contribution in [2.24, 2.45) is 0 Å². The SMILES string of the molecule is CC(O)CNc1cc2c(=O)n(NS(C)(=O)=O)c(=O)[nH]c2cc1[N+](=O)[O-].CS(=O)(=O)Nn1c(=O)[nH]c2cc([N+](=O)[O-])c(F)cc2c1=O. The summed E-state index contributed by atoms with van der Waals surface area (Å²) in [6.45, 7) is 1.44. The van der Waals surface area contributed by atoms with Gasteiger partial charge < -0.3 is 20.4 Å². The first-order valence-electron chi connectivity index (χ1n) is 12.1. The molecule has 0 saturated carbocycles. The molecule has 0 radical (unpaired) electrons. The summed E-state index contributed by atoms with van der Waals surface area (Å²) in [5, 5.41) is 33.1. The van der Waals surface area contributed by atoms with Crippen LogP contribution in [0.2, 0.25) is 0 Å². The summed E-state index contributed by atoms with van der Waals surface area (Å²) in [5.74, 6) is -1.29. The highest BCUT2D eigenvalue weighted by Crippen LogP contribution is 2.27. The number of aromatic nitrogens is 4. The molecule has 0 spiro atoms. The Hall–Kier alpha value is -5.69. The lowest BCUT2D eigenvalue weighted by Crippen LogP contribution is -2.43. The summed E-state index contributed by atoms with van der Waals surface area (Å²) in [6, 6.07) is 3.31. The van der Waals surface area contributed by atoms with Crippen LogP contribution < -0.4 is 37.5 Å². The van der Waals surface area contributed by atoms with Gasteiger partial charge in [0, 0.05) is 18.7 Å². The Balaban J connectivity index is 0.000000254. The van der Waals surface area contributed by atoms with Gasteiger partial charge in [-0.25, -0.2) is 36.1 Å². The number of anilines is 1. The van der Waals surface area contributed by atoms with Gasteiger partial charge >= 0.3 is 17.1 Å². The number of halogens is 1. The maximum atomic E-state index is 13.5. The number of aliphatic hydroxyl groups is 1. The minimum absolute atomic E-state index is 0.0223. The minimum Gasteiger partial charge on any atom is -0.392 e. The molecular weight excluding hydrogens is 669 g/mol. The van der Waals surface area contributed by atoms with Crippen LogP contribution in [0.15, 0.2) is 43.4 Å². The second kappa shape index (κ2) is 12.7. The molecule has 0 saturated heterocycles. The third-order valence-electron chi connectivity index (χ3n) is 5.47. The third kappa shape index (κ3) is 8.07. The van der Waals surface area contributed by atoms with Gasteiger partial charge in [0.15, 0.2) is 0 Å². The maximum absolute atomic E-state index is 13.5. The predicted molar refractivity (Wildman–Crippen MR) is 160 cm³/mol. The van der Waals surface area contributed by atoms with Crippen LogP contribution in [0.25, 0.3) is 21.8 Å². The van der Waals surface area contributed by atoms with E-state index in [1.165, 1.54) is 6.92 Å². The van der Waals surface area contributed by atoms with Gasteiger partial charge in [0.25, 0.3) is 16.8 Å². The summed E-state index contributed by atoms with van der Waals surface area (Å²) in [5.41, 5.74) is -6.25. The highest BCUT2D eigenvalue weighted by Gasteiger charge is 2.21. The van der Waals surface area contributed by atoms with Crippen LogP contribution in [0.5, 0.6) is 0 Å². The van der Waals surface area contributed by atoms with Crippen LogP contribution in [-0.2, 0) is 20.0 Å². The first kappa shape index (κ1) is 34.8. The molecule has 248 valence electrons. The van der Waals surface area contributed by atoms with E-state index in [1.807, 2.05) is 0 Å². The largest absolute Gasteiger partial charge is 0.392 e. The van der Waals surface area contributed by atoms with Crippen molar-refractivity contribution in [1.29, 1.82) is 0 Å². The summed E-state index contributed by atoms with van der Waals surface area (Å²) in [4.78, 5) is 75.5. The lowest BCUT2D eigenvalue weighted by atomic mass is 10.2. The Bertz CT molecular complexity index is 2360. The molecule has 1 unspecified atom stereocenters. The van der Waals surface area contributed by atoms with Crippen molar-refractivity contribution in [1.82, 2.24) is 19.3 Å². The third-order valence-corrected chi connectivity index (χ3v) is 6.50. The van der Waals surface area contributed by atoms with Gasteiger partial charge in [-0.05, 0) is 19.1 Å². The lowest BCUT2D eigenvalue weighted by molar-refractivity contribution is -0.387. The van der Waals surface area contributed by atoms with Gasteiger partial charge in [0.1, 0.15) is 5.69 Å². The molecule has 2 heterocycles. The number of H-pyrrole nitrogens is 2. The van der Waals surface area contributed by atoms with Crippen molar-refractivity contribution in [3.05, 3.63) is 92.0 Å². The van der Waals surface area contributed by atoms with Crippen LogP contribution in [0.1, 0.15) is 6.92 Å². The maximum Gasteiger partial charge on any atom is 0.348 e. The average molecular weight is 692 g/mol. The molecule has 2 aromatic carbocycles. The van der Waals surface area contributed by atoms with Gasteiger partial charge in [0.05, 0.1) is 50.3 Å². The molecule has 1 atom stereocenters. The molecule has 25 heteroatoms. The number of aromatic amines is 2. The Morgan fingerprint density at radius 3 is 1.63 bits per heavy atom. The normalized spacial score (nSPS) is 12.2. The van der Waals surface area contributed by atoms with Crippen LogP contribution >= 0.6 is 0 Å². The number of fused-ring (bicyclic) bond motifs is 2. The van der Waals surface area contributed by atoms with Gasteiger partial charge in [-0.15, -0.1) is 0 Å². The Morgan fingerprint density at radius 1 is 0.826 bits per heavy atom. The predicted octanol–water partition coefficient (Wildman–Crippen LogP) is -1.87. The first-order valence-corrected chi connectivity index (χ1v) is 15.9. The van der Waals surface area contributed by atoms with Crippen LogP contribution in [-0.4, -0.2) is 76.3 Å². The van der Waals surface area contributed by atoms with Crippen molar-refractivity contribution in [2.45, 2.75) is 13.0 Å². The Morgan fingerprint density at radius 2 is 1.24 bits per heavy atom. The highest BCUT2D eigenvalue weighted by molar-refractivity contribution is 7.91. The number of benzene rings is 2. The number of aliphatic hydroxyl groups excluding tert-OH is 1. The highest BCUT2D eigenvalue weighted by atomic mass is 32.2. The molecule has 4 rings (SSSR count). The van der Waals surface area contributed by atoms with E-state index in [0.29, 0.717) is 18.4 Å². The summed E-state index contributed by atoms with van der Waals surface area (Å²) in [6.07, 6.45) is 0.656. The number of nitrogens with one attached hydrogen (secondary N) is 5. The van der Waals surface area contributed by atoms with E-state index in [0.717, 1.165) is 18.4 Å². The molecule has 0 bridgehead atoms. The van der Waals surface area contributed by atoms with Crippen LogP contribution in [0, 0.1) is 26.0 Å². The summed E-state index contributed by atoms with van der Waals surface area (Å²) < 4.78 is 58.6. The molecular formula is C21H22FN9O13S2. The number of hydrogen-bond acceptors (Lipinski definition) is 14. The van der Waals surface area contributed by atoms with E-state index in [-0.39, 0.29) is 38.0 Å².